The molecule has 1 aromatic heterocycles. The summed E-state index contributed by atoms with van der Waals surface area (Å²) in [5, 5.41) is 14.7. The maximum Gasteiger partial charge on any atom is 0.0805 e. The van der Waals surface area contributed by atoms with Crippen LogP contribution in [0.25, 0.3) is 5.57 Å². The van der Waals surface area contributed by atoms with E-state index in [2.05, 4.69) is 53.9 Å². The third kappa shape index (κ3) is 2.68. The Bertz CT molecular complexity index is 638. The summed E-state index contributed by atoms with van der Waals surface area (Å²) < 4.78 is 0. The topological polar surface area (TPSA) is 32.6 Å². The van der Waals surface area contributed by atoms with Crippen LogP contribution in [0.15, 0.2) is 53.0 Å². The lowest BCUT2D eigenvalue weighted by atomic mass is 9.82. The number of thiophene rings is 1. The molecule has 1 aliphatic carbocycles. The average molecular weight is 283 g/mol. The van der Waals surface area contributed by atoms with Crippen LogP contribution in [0.2, 0.25) is 0 Å². The number of allylic oxidation sites excluding steroid dienone is 2. The van der Waals surface area contributed by atoms with Crippen LogP contribution in [0.5, 0.6) is 0 Å². The Kier molecular flexibility index (Phi) is 3.70. The van der Waals surface area contributed by atoms with E-state index in [9.17, 15) is 0 Å². The summed E-state index contributed by atoms with van der Waals surface area (Å²) in [7, 11) is 0. The minimum Gasteiger partial charge on any atom is -0.411 e. The predicted octanol–water partition coefficient (Wildman–Crippen LogP) is 4.85. The molecule has 1 aliphatic rings. The van der Waals surface area contributed by atoms with Gasteiger partial charge < -0.3 is 5.21 Å². The second-order valence-electron chi connectivity index (χ2n) is 5.25. The van der Waals surface area contributed by atoms with E-state index in [1.165, 1.54) is 21.6 Å². The number of hydrogen-bond acceptors (Lipinski definition) is 3. The van der Waals surface area contributed by atoms with Crippen LogP contribution in [0.1, 0.15) is 34.8 Å². The second-order valence-corrected chi connectivity index (χ2v) is 6.20. The molecule has 0 amide bonds. The van der Waals surface area contributed by atoms with Crippen molar-refractivity contribution in [2.45, 2.75) is 25.7 Å². The fourth-order valence-corrected chi connectivity index (χ4v) is 3.44. The van der Waals surface area contributed by atoms with Gasteiger partial charge in [0.25, 0.3) is 0 Å². The monoisotopic (exact) mass is 283 g/mol. The highest BCUT2D eigenvalue weighted by Crippen LogP contribution is 2.37. The van der Waals surface area contributed by atoms with Gasteiger partial charge in [0.2, 0.25) is 0 Å². The fourth-order valence-electron chi connectivity index (χ4n) is 2.69. The van der Waals surface area contributed by atoms with Gasteiger partial charge in [0.1, 0.15) is 0 Å². The lowest BCUT2D eigenvalue weighted by Gasteiger charge is -2.23. The zero-order valence-electron chi connectivity index (χ0n) is 11.4. The zero-order valence-corrected chi connectivity index (χ0v) is 12.2. The first-order valence-corrected chi connectivity index (χ1v) is 7.66. The van der Waals surface area contributed by atoms with Crippen LogP contribution in [0.4, 0.5) is 0 Å². The first kappa shape index (κ1) is 13.1. The summed E-state index contributed by atoms with van der Waals surface area (Å²) in [5.41, 5.74) is 4.63. The smallest absolute Gasteiger partial charge is 0.0805 e. The Morgan fingerprint density at radius 1 is 1.15 bits per heavy atom. The molecule has 0 aliphatic heterocycles. The van der Waals surface area contributed by atoms with Gasteiger partial charge in [-0.15, -0.1) is 11.3 Å². The van der Waals surface area contributed by atoms with Crippen molar-refractivity contribution in [2.75, 3.05) is 0 Å². The molecular weight excluding hydrogens is 266 g/mol. The largest absolute Gasteiger partial charge is 0.411 e. The second kappa shape index (κ2) is 5.63. The standard InChI is InChI=1S/C17H17NOS/c1-12-4-6-13(7-5-12)14-9-15(11-16(10-14)18-19)17-3-2-8-20-17/h2-8,11,14,19H,9-10H2,1H3/b18-16-. The van der Waals surface area contributed by atoms with Crippen molar-refractivity contribution >= 4 is 22.6 Å². The summed E-state index contributed by atoms with van der Waals surface area (Å²) >= 11 is 1.74. The third-order valence-electron chi connectivity index (χ3n) is 3.78. The maximum absolute atomic E-state index is 9.16. The molecule has 3 heteroatoms. The first-order valence-electron chi connectivity index (χ1n) is 6.78. The normalized spacial score (nSPS) is 20.9. The van der Waals surface area contributed by atoms with E-state index in [0.29, 0.717) is 5.92 Å². The van der Waals surface area contributed by atoms with Crippen LogP contribution >= 0.6 is 11.3 Å². The van der Waals surface area contributed by atoms with Gasteiger partial charge in [0.05, 0.1) is 5.71 Å². The highest BCUT2D eigenvalue weighted by atomic mass is 32.1. The van der Waals surface area contributed by atoms with E-state index < -0.39 is 0 Å². The molecular formula is C17H17NOS. The van der Waals surface area contributed by atoms with Crippen LogP contribution in [0, 0.1) is 6.92 Å². The molecule has 0 saturated heterocycles. The van der Waals surface area contributed by atoms with Crippen LogP contribution < -0.4 is 0 Å². The molecule has 0 saturated carbocycles. The van der Waals surface area contributed by atoms with Gasteiger partial charge in [-0.25, -0.2) is 0 Å². The number of nitrogens with zero attached hydrogens (tertiary/aromatic N) is 1. The summed E-state index contributed by atoms with van der Waals surface area (Å²) in [4.78, 5) is 1.27. The molecule has 3 rings (SSSR count). The average Bonchev–Trinajstić information content (AvgIpc) is 3.02. The van der Waals surface area contributed by atoms with Gasteiger partial charge in [0.15, 0.2) is 0 Å². The van der Waals surface area contributed by atoms with Crippen molar-refractivity contribution in [1.82, 2.24) is 0 Å². The predicted molar refractivity (Wildman–Crippen MR) is 84.7 cm³/mol. The van der Waals surface area contributed by atoms with E-state index in [0.717, 1.165) is 18.6 Å². The molecule has 1 heterocycles. The lowest BCUT2D eigenvalue weighted by molar-refractivity contribution is 0.317. The van der Waals surface area contributed by atoms with Gasteiger partial charge >= 0.3 is 0 Å². The first-order chi connectivity index (χ1) is 9.76. The van der Waals surface area contributed by atoms with Gasteiger partial charge in [-0.1, -0.05) is 41.1 Å². The van der Waals surface area contributed by atoms with Crippen LogP contribution in [-0.2, 0) is 0 Å². The Morgan fingerprint density at radius 2 is 1.95 bits per heavy atom. The van der Waals surface area contributed by atoms with Crippen molar-refractivity contribution in [1.29, 1.82) is 0 Å². The zero-order chi connectivity index (χ0) is 13.9. The Morgan fingerprint density at radius 3 is 2.60 bits per heavy atom. The van der Waals surface area contributed by atoms with Crippen molar-refractivity contribution < 1.29 is 5.21 Å². The molecule has 0 bridgehead atoms. The summed E-state index contributed by atoms with van der Waals surface area (Å²) in [6, 6.07) is 12.9. The van der Waals surface area contributed by atoms with Crippen molar-refractivity contribution in [3.8, 4) is 0 Å². The quantitative estimate of drug-likeness (QED) is 0.620. The number of aryl methyl sites for hydroxylation is 1. The molecule has 0 radical (unpaired) electrons. The molecule has 102 valence electrons. The minimum absolute atomic E-state index is 0.392. The van der Waals surface area contributed by atoms with Gasteiger partial charge in [-0.05, 0) is 47.9 Å². The van der Waals surface area contributed by atoms with E-state index in [4.69, 9.17) is 5.21 Å². The SMILES string of the molecule is Cc1ccc(C2CC(c3cccs3)=C/C(=N\O)C2)cc1. The van der Waals surface area contributed by atoms with Crippen molar-refractivity contribution in [3.63, 3.8) is 0 Å². The van der Waals surface area contributed by atoms with Gasteiger partial charge in [-0.2, -0.15) is 0 Å². The van der Waals surface area contributed by atoms with E-state index in [-0.39, 0.29) is 0 Å². The third-order valence-corrected chi connectivity index (χ3v) is 4.72. The Labute approximate surface area is 123 Å². The van der Waals surface area contributed by atoms with Crippen LogP contribution in [0.3, 0.4) is 0 Å². The summed E-state index contributed by atoms with van der Waals surface area (Å²) in [5.74, 6) is 0.392. The molecule has 2 nitrogen and oxygen atoms in total. The van der Waals surface area contributed by atoms with Crippen molar-refractivity contribution in [2.24, 2.45) is 5.16 Å². The molecule has 0 spiro atoms. The van der Waals surface area contributed by atoms with E-state index in [1.807, 2.05) is 6.08 Å². The molecule has 1 N–H and O–H groups in total. The lowest BCUT2D eigenvalue weighted by Crippen LogP contribution is -2.12. The van der Waals surface area contributed by atoms with Gasteiger partial charge in [0, 0.05) is 11.3 Å². The van der Waals surface area contributed by atoms with E-state index in [1.54, 1.807) is 11.3 Å². The molecule has 2 aromatic rings. The Hall–Kier alpha value is -1.87. The molecule has 20 heavy (non-hydrogen) atoms. The molecule has 1 unspecified atom stereocenters. The highest BCUT2D eigenvalue weighted by Gasteiger charge is 2.22. The van der Waals surface area contributed by atoms with Crippen molar-refractivity contribution in [3.05, 3.63) is 63.9 Å². The molecule has 0 fully saturated rings. The van der Waals surface area contributed by atoms with E-state index >= 15 is 0 Å². The highest BCUT2D eigenvalue weighted by molar-refractivity contribution is 7.11. The molecule has 1 aromatic carbocycles. The number of oxime groups is 1. The van der Waals surface area contributed by atoms with Gasteiger partial charge in [-0.3, -0.25) is 0 Å². The number of rotatable bonds is 2. The minimum atomic E-state index is 0.392. The Balaban J connectivity index is 1.92. The van der Waals surface area contributed by atoms with Crippen LogP contribution in [-0.4, -0.2) is 10.9 Å². The molecule has 1 atom stereocenters. The fraction of sp³-hybridized carbons (Fsp3) is 0.235. The summed E-state index contributed by atoms with van der Waals surface area (Å²) in [6.07, 6.45) is 3.83. The summed E-state index contributed by atoms with van der Waals surface area (Å²) in [6.45, 7) is 2.10. The number of hydrogen-bond donors (Lipinski definition) is 1. The number of benzene rings is 1. The maximum atomic E-state index is 9.16.